The molecule has 0 bridgehead atoms. The van der Waals surface area contributed by atoms with Crippen LogP contribution in [0.3, 0.4) is 0 Å². The Bertz CT molecular complexity index is 1760. The van der Waals surface area contributed by atoms with Crippen LogP contribution in [0.15, 0.2) is 53.5 Å². The Morgan fingerprint density at radius 3 is 2.50 bits per heavy atom. The Kier molecular flexibility index (Phi) is 7.29. The summed E-state index contributed by atoms with van der Waals surface area (Å²) in [6.45, 7) is 7.02. The van der Waals surface area contributed by atoms with Crippen molar-refractivity contribution in [2.75, 3.05) is 18.0 Å². The zero-order valence-corrected chi connectivity index (χ0v) is 23.3. The number of pyridine rings is 3. The number of nitriles is 2. The number of aryl methyl sites for hydroxylation is 2. The molecule has 1 aliphatic heterocycles. The van der Waals surface area contributed by atoms with Crippen LogP contribution in [0.4, 0.5) is 10.1 Å². The molecule has 0 spiro atoms. The third-order valence-electron chi connectivity index (χ3n) is 7.57. The first-order chi connectivity index (χ1) is 19.1. The number of piperazine rings is 1. The monoisotopic (exact) mass is 555 g/mol. The van der Waals surface area contributed by atoms with Crippen molar-refractivity contribution < 1.29 is 4.39 Å². The zero-order chi connectivity index (χ0) is 28.7. The number of halogens is 2. The van der Waals surface area contributed by atoms with E-state index >= 15 is 0 Å². The van der Waals surface area contributed by atoms with Gasteiger partial charge >= 0.3 is 0 Å². The number of rotatable bonds is 4. The minimum absolute atomic E-state index is 0.0107. The molecule has 1 aromatic carbocycles. The Balaban J connectivity index is 1.62. The third-order valence-corrected chi connectivity index (χ3v) is 7.89. The molecule has 10 heteroatoms. The molecule has 5 rings (SSSR count). The van der Waals surface area contributed by atoms with Crippen molar-refractivity contribution in [3.8, 4) is 12.1 Å². The van der Waals surface area contributed by atoms with Crippen molar-refractivity contribution in [1.29, 1.82) is 10.5 Å². The van der Waals surface area contributed by atoms with Gasteiger partial charge in [0.15, 0.2) is 0 Å². The van der Waals surface area contributed by atoms with E-state index in [1.807, 2.05) is 30.9 Å². The molecule has 4 aromatic rings. The van der Waals surface area contributed by atoms with Gasteiger partial charge in [-0.15, -0.1) is 0 Å². The third kappa shape index (κ3) is 4.68. The lowest BCUT2D eigenvalue weighted by molar-refractivity contribution is 0.128. The van der Waals surface area contributed by atoms with E-state index in [1.54, 1.807) is 31.4 Å². The van der Waals surface area contributed by atoms with Crippen molar-refractivity contribution in [3.63, 3.8) is 0 Å². The molecule has 0 aliphatic carbocycles. The first kappa shape index (κ1) is 27.3. The van der Waals surface area contributed by atoms with Crippen LogP contribution in [0.5, 0.6) is 0 Å². The van der Waals surface area contributed by atoms with Crippen LogP contribution < -0.4 is 10.5 Å². The normalized spacial score (nSPS) is 18.4. The van der Waals surface area contributed by atoms with Gasteiger partial charge in [0.2, 0.25) is 0 Å². The highest BCUT2D eigenvalue weighted by Gasteiger charge is 2.38. The fourth-order valence-electron chi connectivity index (χ4n) is 5.53. The molecule has 3 aromatic heterocycles. The van der Waals surface area contributed by atoms with Crippen LogP contribution >= 0.6 is 11.6 Å². The van der Waals surface area contributed by atoms with E-state index < -0.39 is 11.4 Å². The van der Waals surface area contributed by atoms with E-state index in [0.29, 0.717) is 34.8 Å². The minimum Gasteiger partial charge on any atom is -0.363 e. The van der Waals surface area contributed by atoms with Crippen molar-refractivity contribution >= 4 is 28.3 Å². The predicted molar refractivity (Wildman–Crippen MR) is 152 cm³/mol. The van der Waals surface area contributed by atoms with Gasteiger partial charge in [-0.3, -0.25) is 14.7 Å². The highest BCUT2D eigenvalue weighted by Crippen LogP contribution is 2.38. The summed E-state index contributed by atoms with van der Waals surface area (Å²) >= 11 is 6.59. The fourth-order valence-corrected chi connectivity index (χ4v) is 5.80. The van der Waals surface area contributed by atoms with Gasteiger partial charge in [0, 0.05) is 43.4 Å². The Morgan fingerprint density at radius 1 is 1.07 bits per heavy atom. The van der Waals surface area contributed by atoms with Gasteiger partial charge in [-0.25, -0.2) is 9.37 Å². The van der Waals surface area contributed by atoms with Crippen LogP contribution in [0.25, 0.3) is 11.0 Å². The van der Waals surface area contributed by atoms with Gasteiger partial charge in [-0.2, -0.15) is 10.5 Å². The van der Waals surface area contributed by atoms with Crippen LogP contribution in [0.1, 0.15) is 48.0 Å². The molecular weight excluding hydrogens is 529 g/mol. The fraction of sp³-hybridized carbons (Fsp3) is 0.300. The topological polar surface area (TPSA) is 102 Å². The van der Waals surface area contributed by atoms with Gasteiger partial charge < -0.3 is 9.47 Å². The SMILES string of the molecule is Cc1ccc(C(c2ccc(F)cc2Cl)N2C[C@H](C)N(c3c(C#N)c(=O)n(C)c4ccc(C#N)nc34)C[C@H]2C)nc1. The van der Waals surface area contributed by atoms with Gasteiger partial charge in [0.25, 0.3) is 5.56 Å². The maximum absolute atomic E-state index is 14.0. The second-order valence-corrected chi connectivity index (χ2v) is 10.7. The molecule has 0 N–H and O–H groups in total. The second kappa shape index (κ2) is 10.7. The zero-order valence-electron chi connectivity index (χ0n) is 22.6. The number of aromatic nitrogens is 3. The summed E-state index contributed by atoms with van der Waals surface area (Å²) < 4.78 is 15.4. The second-order valence-electron chi connectivity index (χ2n) is 10.3. The van der Waals surface area contributed by atoms with Crippen LogP contribution in [0.2, 0.25) is 5.02 Å². The van der Waals surface area contributed by atoms with E-state index in [2.05, 4.69) is 28.9 Å². The number of benzene rings is 1. The van der Waals surface area contributed by atoms with Crippen molar-refractivity contribution in [1.82, 2.24) is 19.4 Å². The molecule has 1 fully saturated rings. The predicted octanol–water partition coefficient (Wildman–Crippen LogP) is 4.86. The first-order valence-electron chi connectivity index (χ1n) is 12.9. The van der Waals surface area contributed by atoms with E-state index in [4.69, 9.17) is 16.6 Å². The standard InChI is InChI=1S/C30H27ClFN7O/c1-17-5-9-25(35-14-17)28(22-8-6-20(32)11-24(22)31)38-15-19(3)39(16-18(38)2)29-23(13-34)30(40)37(4)26-10-7-21(12-33)36-27(26)29/h5-11,14,18-19,28H,15-16H2,1-4H3/t18-,19+,28?/m1/s1. The largest absolute Gasteiger partial charge is 0.363 e. The van der Waals surface area contributed by atoms with Gasteiger partial charge in [-0.05, 0) is 62.2 Å². The molecule has 8 nitrogen and oxygen atoms in total. The number of anilines is 1. The summed E-state index contributed by atoms with van der Waals surface area (Å²) in [6.07, 6.45) is 1.80. The van der Waals surface area contributed by atoms with E-state index in [-0.39, 0.29) is 29.4 Å². The van der Waals surface area contributed by atoms with Crippen molar-refractivity contribution in [2.45, 2.75) is 38.9 Å². The average molecular weight is 556 g/mol. The van der Waals surface area contributed by atoms with Crippen LogP contribution in [-0.2, 0) is 7.05 Å². The molecule has 0 amide bonds. The lowest BCUT2D eigenvalue weighted by Gasteiger charge is -2.48. The Hall–Kier alpha value is -4.31. The average Bonchev–Trinajstić information content (AvgIpc) is 2.94. The molecular formula is C30H27ClFN7O. The number of fused-ring (bicyclic) bond motifs is 1. The maximum Gasteiger partial charge on any atom is 0.270 e. The molecule has 0 saturated carbocycles. The number of hydrogen-bond donors (Lipinski definition) is 0. The summed E-state index contributed by atoms with van der Waals surface area (Å²) in [7, 11) is 1.60. The van der Waals surface area contributed by atoms with Crippen LogP contribution in [-0.4, -0.2) is 44.6 Å². The summed E-state index contributed by atoms with van der Waals surface area (Å²) in [5.74, 6) is -0.415. The van der Waals surface area contributed by atoms with Gasteiger partial charge in [-0.1, -0.05) is 23.7 Å². The highest BCUT2D eigenvalue weighted by molar-refractivity contribution is 6.31. The van der Waals surface area contributed by atoms with Crippen LogP contribution in [0, 0.1) is 35.4 Å². The molecule has 202 valence electrons. The molecule has 1 saturated heterocycles. The first-order valence-corrected chi connectivity index (χ1v) is 13.3. The molecule has 4 heterocycles. The smallest absolute Gasteiger partial charge is 0.270 e. The molecule has 1 unspecified atom stereocenters. The van der Waals surface area contributed by atoms with E-state index in [1.165, 1.54) is 16.7 Å². The van der Waals surface area contributed by atoms with E-state index in [9.17, 15) is 19.7 Å². The van der Waals surface area contributed by atoms with Crippen molar-refractivity contribution in [2.24, 2.45) is 7.05 Å². The molecule has 3 atom stereocenters. The van der Waals surface area contributed by atoms with Crippen molar-refractivity contribution in [3.05, 3.63) is 97.9 Å². The Labute approximate surface area is 236 Å². The molecule has 0 radical (unpaired) electrons. The minimum atomic E-state index is -0.418. The highest BCUT2D eigenvalue weighted by atomic mass is 35.5. The summed E-state index contributed by atoms with van der Waals surface area (Å²) in [4.78, 5) is 26.7. The van der Waals surface area contributed by atoms with E-state index in [0.717, 1.165) is 16.8 Å². The van der Waals surface area contributed by atoms with Gasteiger partial charge in [0.05, 0.1) is 22.9 Å². The lowest BCUT2D eigenvalue weighted by atomic mass is 9.95. The lowest BCUT2D eigenvalue weighted by Crippen LogP contribution is -2.58. The summed E-state index contributed by atoms with van der Waals surface area (Å²) in [6, 6.07) is 15.1. The number of hydrogen-bond acceptors (Lipinski definition) is 7. The number of nitrogens with zero attached hydrogens (tertiary/aromatic N) is 7. The van der Waals surface area contributed by atoms with Gasteiger partial charge in [0.1, 0.15) is 34.7 Å². The Morgan fingerprint density at radius 2 is 1.85 bits per heavy atom. The molecule has 1 aliphatic rings. The molecule has 40 heavy (non-hydrogen) atoms. The summed E-state index contributed by atoms with van der Waals surface area (Å²) in [5, 5.41) is 19.9. The maximum atomic E-state index is 14.0. The quantitative estimate of drug-likeness (QED) is 0.354. The summed E-state index contributed by atoms with van der Waals surface area (Å²) in [5.41, 5.74) is 3.72.